The summed E-state index contributed by atoms with van der Waals surface area (Å²) < 4.78 is 0. The van der Waals surface area contributed by atoms with Crippen molar-refractivity contribution in [3.05, 3.63) is 0 Å². The highest BCUT2D eigenvalue weighted by Crippen LogP contribution is 2.07. The van der Waals surface area contributed by atoms with Crippen LogP contribution in [0.5, 0.6) is 0 Å². The molecule has 0 aromatic heterocycles. The SMILES string of the molecule is CC[C@@H]1NC(=O)[C@H](CCN)NC(=O)[C@H](CCN)NC(=O)[C@H](CC(C)C)NC(=O)CNC(=O)[C@H](CCN)NC(=O)CCCNC1=O. The lowest BCUT2D eigenvalue weighted by Crippen LogP contribution is -2.59. The topological polar surface area (TPSA) is 282 Å². The first-order chi connectivity index (χ1) is 21.4. The maximum atomic E-state index is 13.3. The molecule has 0 spiro atoms. The van der Waals surface area contributed by atoms with Gasteiger partial charge in [0.2, 0.25) is 41.4 Å². The zero-order valence-electron chi connectivity index (χ0n) is 26.5. The van der Waals surface area contributed by atoms with E-state index in [0.29, 0.717) is 0 Å². The van der Waals surface area contributed by atoms with Crippen molar-refractivity contribution in [3.63, 3.8) is 0 Å². The van der Waals surface area contributed by atoms with Crippen LogP contribution in [0.25, 0.3) is 0 Å². The molecule has 7 amide bonds. The summed E-state index contributed by atoms with van der Waals surface area (Å²) in [5, 5.41) is 18.1. The molecule has 13 N–H and O–H groups in total. The molecule has 17 heteroatoms. The van der Waals surface area contributed by atoms with E-state index >= 15 is 0 Å². The summed E-state index contributed by atoms with van der Waals surface area (Å²) in [6.45, 7) is 5.18. The second-order valence-corrected chi connectivity index (χ2v) is 11.3. The number of nitrogens with one attached hydrogen (secondary N) is 7. The Bertz CT molecular complexity index is 1030. The third-order valence-corrected chi connectivity index (χ3v) is 6.99. The molecule has 5 atom stereocenters. The van der Waals surface area contributed by atoms with Crippen molar-refractivity contribution in [2.75, 3.05) is 32.7 Å². The second-order valence-electron chi connectivity index (χ2n) is 11.3. The highest BCUT2D eigenvalue weighted by atomic mass is 16.2. The van der Waals surface area contributed by atoms with Gasteiger partial charge in [0.05, 0.1) is 6.54 Å². The molecule has 256 valence electrons. The maximum Gasteiger partial charge on any atom is 0.243 e. The first kappa shape index (κ1) is 39.2. The van der Waals surface area contributed by atoms with Gasteiger partial charge in [0, 0.05) is 13.0 Å². The summed E-state index contributed by atoms with van der Waals surface area (Å²) in [7, 11) is 0. The molecule has 0 aromatic rings. The zero-order chi connectivity index (χ0) is 33.9. The highest BCUT2D eigenvalue weighted by Gasteiger charge is 2.31. The highest BCUT2D eigenvalue weighted by molar-refractivity contribution is 5.96. The second kappa shape index (κ2) is 21.0. The van der Waals surface area contributed by atoms with E-state index in [0.717, 1.165) is 0 Å². The molecule has 0 unspecified atom stereocenters. The van der Waals surface area contributed by atoms with E-state index < -0.39 is 78.1 Å². The van der Waals surface area contributed by atoms with E-state index in [-0.39, 0.29) is 77.0 Å². The van der Waals surface area contributed by atoms with Gasteiger partial charge in [0.1, 0.15) is 30.2 Å². The van der Waals surface area contributed by atoms with Crippen molar-refractivity contribution >= 4 is 41.4 Å². The monoisotopic (exact) mass is 640 g/mol. The molecule has 0 aliphatic carbocycles. The molecule has 0 saturated carbocycles. The van der Waals surface area contributed by atoms with E-state index in [1.807, 2.05) is 13.8 Å². The van der Waals surface area contributed by atoms with Gasteiger partial charge >= 0.3 is 0 Å². The molecular weight excluding hydrogens is 588 g/mol. The Morgan fingerprint density at radius 2 is 1.04 bits per heavy atom. The standard InChI is InChI=1S/C28H52N10O7/c1-4-17-24(41)32-13-5-6-22(39)34-18(7-10-29)25(42)33-15-23(40)35-21(14-16(2)3)28(45)38-20(9-12-31)27(44)37-19(8-11-30)26(43)36-17/h16-21H,4-15,29-31H2,1-3H3,(H,32,41)(H,33,42)(H,34,39)(H,35,40)(H,36,43)(H,37,44)(H,38,45)/t17-,18-,19-,20-,21-/m0/s1. The van der Waals surface area contributed by atoms with Crippen molar-refractivity contribution in [1.29, 1.82) is 0 Å². The fourth-order valence-electron chi connectivity index (χ4n) is 4.57. The number of hydrogen-bond acceptors (Lipinski definition) is 10. The third kappa shape index (κ3) is 14.7. The number of amides is 7. The van der Waals surface area contributed by atoms with Crippen molar-refractivity contribution in [1.82, 2.24) is 37.2 Å². The number of nitrogens with two attached hydrogens (primary N) is 3. The van der Waals surface area contributed by atoms with Gasteiger partial charge in [-0.3, -0.25) is 33.6 Å². The molecule has 1 heterocycles. The van der Waals surface area contributed by atoms with Gasteiger partial charge in [0.15, 0.2) is 0 Å². The molecule has 17 nitrogen and oxygen atoms in total. The van der Waals surface area contributed by atoms with Crippen LogP contribution >= 0.6 is 0 Å². The van der Waals surface area contributed by atoms with E-state index in [1.165, 1.54) is 0 Å². The minimum atomic E-state index is -1.14. The van der Waals surface area contributed by atoms with Crippen LogP contribution in [0.2, 0.25) is 0 Å². The van der Waals surface area contributed by atoms with Gasteiger partial charge in [-0.2, -0.15) is 0 Å². The average Bonchev–Trinajstić information content (AvgIpc) is 2.98. The summed E-state index contributed by atoms with van der Waals surface area (Å²) in [4.78, 5) is 90.5. The Hall–Kier alpha value is -3.83. The van der Waals surface area contributed by atoms with Crippen LogP contribution in [0.3, 0.4) is 0 Å². The molecular formula is C28H52N10O7. The Labute approximate surface area is 264 Å². The lowest BCUT2D eigenvalue weighted by Gasteiger charge is -2.26. The van der Waals surface area contributed by atoms with Gasteiger partial charge < -0.3 is 54.4 Å². The van der Waals surface area contributed by atoms with E-state index in [2.05, 4.69) is 37.2 Å². The van der Waals surface area contributed by atoms with Crippen molar-refractivity contribution in [3.8, 4) is 0 Å². The molecule has 1 aliphatic heterocycles. The molecule has 1 aliphatic rings. The average molecular weight is 641 g/mol. The summed E-state index contributed by atoms with van der Waals surface area (Å²) >= 11 is 0. The van der Waals surface area contributed by atoms with Crippen LogP contribution in [0.15, 0.2) is 0 Å². The Kier molecular flexibility index (Phi) is 18.3. The first-order valence-corrected chi connectivity index (χ1v) is 15.5. The van der Waals surface area contributed by atoms with Crippen LogP contribution < -0.4 is 54.4 Å². The van der Waals surface area contributed by atoms with Gasteiger partial charge in [-0.05, 0) is 64.1 Å². The molecule has 1 fully saturated rings. The fraction of sp³-hybridized carbons (Fsp3) is 0.750. The van der Waals surface area contributed by atoms with Crippen molar-refractivity contribution in [2.24, 2.45) is 23.1 Å². The molecule has 0 bridgehead atoms. The maximum absolute atomic E-state index is 13.3. The molecule has 1 rings (SSSR count). The number of hydrogen-bond donors (Lipinski definition) is 10. The Balaban J connectivity index is 3.32. The van der Waals surface area contributed by atoms with Gasteiger partial charge in [0.25, 0.3) is 0 Å². The van der Waals surface area contributed by atoms with Crippen LogP contribution in [0.1, 0.15) is 65.7 Å². The predicted molar refractivity (Wildman–Crippen MR) is 166 cm³/mol. The Morgan fingerprint density at radius 3 is 1.53 bits per heavy atom. The van der Waals surface area contributed by atoms with E-state index in [1.54, 1.807) is 6.92 Å². The predicted octanol–water partition coefficient (Wildman–Crippen LogP) is -4.06. The van der Waals surface area contributed by atoms with Gasteiger partial charge in [-0.1, -0.05) is 20.8 Å². The van der Waals surface area contributed by atoms with E-state index in [4.69, 9.17) is 17.2 Å². The van der Waals surface area contributed by atoms with Gasteiger partial charge in [-0.15, -0.1) is 0 Å². The first-order valence-electron chi connectivity index (χ1n) is 15.5. The Morgan fingerprint density at radius 1 is 0.600 bits per heavy atom. The lowest BCUT2D eigenvalue weighted by atomic mass is 10.0. The minimum absolute atomic E-state index is 0.0150. The van der Waals surface area contributed by atoms with Crippen LogP contribution in [0.4, 0.5) is 0 Å². The normalized spacial score (nSPS) is 25.7. The molecule has 1 saturated heterocycles. The fourth-order valence-corrected chi connectivity index (χ4v) is 4.57. The summed E-state index contributed by atoms with van der Waals surface area (Å²) in [5.74, 6) is -4.26. The number of carbonyl (C=O) groups is 7. The molecule has 0 aromatic carbocycles. The van der Waals surface area contributed by atoms with Crippen molar-refractivity contribution in [2.45, 2.75) is 95.9 Å². The smallest absolute Gasteiger partial charge is 0.243 e. The van der Waals surface area contributed by atoms with Crippen LogP contribution in [-0.2, 0) is 33.6 Å². The van der Waals surface area contributed by atoms with E-state index in [9.17, 15) is 33.6 Å². The largest absolute Gasteiger partial charge is 0.354 e. The zero-order valence-corrected chi connectivity index (χ0v) is 26.5. The lowest BCUT2D eigenvalue weighted by molar-refractivity contribution is -0.135. The van der Waals surface area contributed by atoms with Crippen molar-refractivity contribution < 1.29 is 33.6 Å². The summed E-state index contributed by atoms with van der Waals surface area (Å²) in [6, 6.07) is -5.24. The quantitative estimate of drug-likeness (QED) is 0.116. The van der Waals surface area contributed by atoms with Crippen LogP contribution in [0, 0.1) is 5.92 Å². The molecule has 0 radical (unpaired) electrons. The molecule has 45 heavy (non-hydrogen) atoms. The summed E-state index contributed by atoms with van der Waals surface area (Å²) in [6.07, 6.45) is 0.881. The summed E-state index contributed by atoms with van der Waals surface area (Å²) in [5.41, 5.74) is 17.0. The number of carbonyl (C=O) groups excluding carboxylic acids is 7. The third-order valence-electron chi connectivity index (χ3n) is 6.99. The number of rotatable bonds is 9. The van der Waals surface area contributed by atoms with Gasteiger partial charge in [-0.25, -0.2) is 0 Å². The van der Waals surface area contributed by atoms with Crippen LogP contribution in [-0.4, -0.2) is 104 Å². The minimum Gasteiger partial charge on any atom is -0.354 e.